The zero-order valence-electron chi connectivity index (χ0n) is 12.1. The van der Waals surface area contributed by atoms with Gasteiger partial charge in [-0.3, -0.25) is 0 Å². The molecule has 0 spiro atoms. The predicted octanol–water partition coefficient (Wildman–Crippen LogP) is 4.89. The third-order valence-corrected chi connectivity index (χ3v) is 4.59. The van der Waals surface area contributed by atoms with Gasteiger partial charge in [-0.15, -0.1) is 0 Å². The zero-order valence-corrected chi connectivity index (χ0v) is 13.7. The highest BCUT2D eigenvalue weighted by Crippen LogP contribution is 2.46. The van der Waals surface area contributed by atoms with Crippen LogP contribution in [0.15, 0.2) is 41.0 Å². The summed E-state index contributed by atoms with van der Waals surface area (Å²) in [6.07, 6.45) is 1.11. The van der Waals surface area contributed by atoms with E-state index >= 15 is 0 Å². The molecule has 3 heteroatoms. The number of anilines is 1. The quantitative estimate of drug-likeness (QED) is 0.793. The Balaban J connectivity index is 1.97. The van der Waals surface area contributed by atoms with Crippen LogP contribution in [-0.2, 0) is 6.42 Å². The topological polar surface area (TPSA) is 24.9 Å². The number of aryl methyl sites for hydroxylation is 1. The summed E-state index contributed by atoms with van der Waals surface area (Å²) in [5.41, 5.74) is 5.23. The monoisotopic (exact) mass is 330 g/mol. The molecule has 0 saturated carbocycles. The number of nitrogens with one attached hydrogen (secondary N) is 1. The molecule has 20 heavy (non-hydrogen) atoms. The molecule has 0 fully saturated rings. The van der Waals surface area contributed by atoms with Crippen LogP contribution >= 0.6 is 15.9 Å². The molecule has 1 heterocycles. The largest absolute Gasteiger partial charge is 0.376 e. The van der Waals surface area contributed by atoms with Gasteiger partial charge in [-0.25, -0.2) is 4.98 Å². The first-order valence-electron chi connectivity index (χ1n) is 6.95. The van der Waals surface area contributed by atoms with Crippen molar-refractivity contribution >= 4 is 21.6 Å². The van der Waals surface area contributed by atoms with Crippen LogP contribution < -0.4 is 5.32 Å². The molecule has 1 aliphatic carbocycles. The van der Waals surface area contributed by atoms with Gasteiger partial charge in [0, 0.05) is 0 Å². The molecule has 0 saturated heterocycles. The van der Waals surface area contributed by atoms with Crippen LogP contribution in [0.1, 0.15) is 36.7 Å². The zero-order chi connectivity index (χ0) is 14.3. The van der Waals surface area contributed by atoms with Crippen molar-refractivity contribution in [2.45, 2.75) is 33.2 Å². The smallest absolute Gasteiger partial charge is 0.106 e. The second-order valence-corrected chi connectivity index (χ2v) is 7.02. The molecule has 2 nitrogen and oxygen atoms in total. The summed E-state index contributed by atoms with van der Waals surface area (Å²) in [5, 5.41) is 3.70. The Morgan fingerprint density at radius 2 is 1.95 bits per heavy atom. The molecule has 2 aromatic rings. The van der Waals surface area contributed by atoms with E-state index < -0.39 is 0 Å². The van der Waals surface area contributed by atoms with Gasteiger partial charge in [-0.2, -0.15) is 0 Å². The van der Waals surface area contributed by atoms with Crippen molar-refractivity contribution in [3.63, 3.8) is 0 Å². The van der Waals surface area contributed by atoms with Crippen LogP contribution in [0.25, 0.3) is 0 Å². The lowest BCUT2D eigenvalue weighted by molar-refractivity contribution is 0.337. The number of aromatic nitrogens is 1. The van der Waals surface area contributed by atoms with Crippen molar-refractivity contribution in [2.24, 2.45) is 5.41 Å². The van der Waals surface area contributed by atoms with Gasteiger partial charge in [0.05, 0.1) is 17.4 Å². The summed E-state index contributed by atoms with van der Waals surface area (Å²) >= 11 is 3.42. The highest BCUT2D eigenvalue weighted by molar-refractivity contribution is 9.10. The molecule has 1 aromatic heterocycles. The maximum absolute atomic E-state index is 4.47. The number of hydrogen-bond donors (Lipinski definition) is 1. The lowest BCUT2D eigenvalue weighted by Crippen LogP contribution is -2.25. The summed E-state index contributed by atoms with van der Waals surface area (Å²) < 4.78 is 0.881. The van der Waals surface area contributed by atoms with E-state index in [0.717, 1.165) is 22.4 Å². The van der Waals surface area contributed by atoms with Crippen LogP contribution in [0.5, 0.6) is 0 Å². The Morgan fingerprint density at radius 1 is 1.20 bits per heavy atom. The molecule has 1 aromatic carbocycles. The van der Waals surface area contributed by atoms with Gasteiger partial charge < -0.3 is 5.32 Å². The highest BCUT2D eigenvalue weighted by Gasteiger charge is 2.38. The lowest BCUT2D eigenvalue weighted by Gasteiger charge is -2.30. The third-order valence-electron chi connectivity index (χ3n) is 4.15. The first-order valence-corrected chi connectivity index (χ1v) is 7.74. The second-order valence-electron chi connectivity index (χ2n) is 6.21. The number of rotatable bonds is 2. The Labute approximate surface area is 128 Å². The van der Waals surface area contributed by atoms with Crippen molar-refractivity contribution in [1.82, 2.24) is 4.98 Å². The molecular weight excluding hydrogens is 312 g/mol. The van der Waals surface area contributed by atoms with E-state index in [0.29, 0.717) is 6.04 Å². The Hall–Kier alpha value is -1.35. The van der Waals surface area contributed by atoms with Gasteiger partial charge in [-0.1, -0.05) is 38.1 Å². The first kappa shape index (κ1) is 13.6. The summed E-state index contributed by atoms with van der Waals surface area (Å²) in [5.74, 6) is 0. The minimum Gasteiger partial charge on any atom is -0.376 e. The van der Waals surface area contributed by atoms with E-state index in [1.165, 1.54) is 11.1 Å². The molecule has 1 unspecified atom stereocenters. The number of halogens is 1. The molecule has 1 aliphatic rings. The van der Waals surface area contributed by atoms with E-state index in [4.69, 9.17) is 0 Å². The van der Waals surface area contributed by atoms with Crippen LogP contribution in [-0.4, -0.2) is 4.98 Å². The average Bonchev–Trinajstić information content (AvgIpc) is 2.63. The Bertz CT molecular complexity index is 649. The van der Waals surface area contributed by atoms with Gasteiger partial charge in [0.2, 0.25) is 0 Å². The Morgan fingerprint density at radius 3 is 2.70 bits per heavy atom. The molecule has 0 radical (unpaired) electrons. The van der Waals surface area contributed by atoms with Gasteiger partial charge in [-0.05, 0) is 57.9 Å². The normalized spacial score (nSPS) is 19.7. The molecule has 1 N–H and O–H groups in total. The van der Waals surface area contributed by atoms with Crippen molar-refractivity contribution in [3.05, 3.63) is 57.8 Å². The number of hydrogen-bond acceptors (Lipinski definition) is 2. The fourth-order valence-corrected chi connectivity index (χ4v) is 3.50. The van der Waals surface area contributed by atoms with Gasteiger partial charge in [0.15, 0.2) is 0 Å². The number of nitrogens with zero attached hydrogens (tertiary/aromatic N) is 1. The third kappa shape index (κ3) is 2.35. The number of fused-ring (bicyclic) bond motifs is 1. The minimum atomic E-state index is 0.212. The summed E-state index contributed by atoms with van der Waals surface area (Å²) in [4.78, 5) is 4.47. The number of benzene rings is 1. The molecule has 1 atom stereocenters. The summed E-state index contributed by atoms with van der Waals surface area (Å²) in [6.45, 7) is 6.69. The molecule has 3 rings (SSSR count). The Kier molecular flexibility index (Phi) is 3.33. The minimum absolute atomic E-state index is 0.212. The van der Waals surface area contributed by atoms with Crippen molar-refractivity contribution in [2.75, 3.05) is 5.32 Å². The fraction of sp³-hybridized carbons (Fsp3) is 0.353. The number of pyridine rings is 1. The standard InChI is InChI=1S/C17H19BrN2/c1-11-14(8-9-15(18)19-11)20-16-13-7-5-4-6-12(13)10-17(16,2)3/h4-9,16,20H,10H2,1-3H3. The van der Waals surface area contributed by atoms with Crippen LogP contribution in [0.4, 0.5) is 5.69 Å². The summed E-state index contributed by atoms with van der Waals surface area (Å²) in [7, 11) is 0. The highest BCUT2D eigenvalue weighted by atomic mass is 79.9. The van der Waals surface area contributed by atoms with E-state index in [1.54, 1.807) is 0 Å². The maximum atomic E-state index is 4.47. The molecule has 0 amide bonds. The molecule has 104 valence electrons. The van der Waals surface area contributed by atoms with E-state index in [-0.39, 0.29) is 5.41 Å². The second kappa shape index (κ2) is 4.88. The fourth-order valence-electron chi connectivity index (χ4n) is 3.10. The van der Waals surface area contributed by atoms with Crippen LogP contribution in [0.3, 0.4) is 0 Å². The van der Waals surface area contributed by atoms with E-state index in [2.05, 4.69) is 70.4 Å². The van der Waals surface area contributed by atoms with Crippen molar-refractivity contribution in [3.8, 4) is 0 Å². The lowest BCUT2D eigenvalue weighted by atomic mass is 9.85. The first-order chi connectivity index (χ1) is 9.47. The summed E-state index contributed by atoms with van der Waals surface area (Å²) in [6, 6.07) is 13.2. The van der Waals surface area contributed by atoms with Crippen LogP contribution in [0.2, 0.25) is 0 Å². The predicted molar refractivity (Wildman–Crippen MR) is 87.0 cm³/mol. The average molecular weight is 331 g/mol. The molecule has 0 aliphatic heterocycles. The van der Waals surface area contributed by atoms with Gasteiger partial charge >= 0.3 is 0 Å². The van der Waals surface area contributed by atoms with E-state index in [1.807, 2.05) is 13.0 Å². The van der Waals surface area contributed by atoms with Crippen molar-refractivity contribution < 1.29 is 0 Å². The molecule has 0 bridgehead atoms. The van der Waals surface area contributed by atoms with Crippen LogP contribution in [0, 0.1) is 12.3 Å². The van der Waals surface area contributed by atoms with Gasteiger partial charge in [0.25, 0.3) is 0 Å². The van der Waals surface area contributed by atoms with Gasteiger partial charge in [0.1, 0.15) is 4.60 Å². The van der Waals surface area contributed by atoms with E-state index in [9.17, 15) is 0 Å². The maximum Gasteiger partial charge on any atom is 0.106 e. The SMILES string of the molecule is Cc1nc(Br)ccc1NC1c2ccccc2CC1(C)C. The van der Waals surface area contributed by atoms with Crippen molar-refractivity contribution in [1.29, 1.82) is 0 Å². The molecular formula is C17H19BrN2.